The second kappa shape index (κ2) is 8.50. The molecule has 0 spiro atoms. The minimum absolute atomic E-state index is 0.0555. The molecule has 34 heavy (non-hydrogen) atoms. The molecule has 0 radical (unpaired) electrons. The monoisotopic (exact) mass is 478 g/mol. The van der Waals surface area contributed by atoms with Crippen LogP contribution < -0.4 is 0 Å². The smallest absolute Gasteiger partial charge is 0.257 e. The fourth-order valence-electron chi connectivity index (χ4n) is 5.79. The van der Waals surface area contributed by atoms with Crippen molar-refractivity contribution in [3.8, 4) is 0 Å². The quantitative estimate of drug-likeness (QED) is 0.574. The van der Waals surface area contributed by atoms with Gasteiger partial charge in [0.1, 0.15) is 0 Å². The standard InChI is InChI=1S/C26H30N4O3S/c31-26(28-11-1-2-12-28)24-18-27-30-15-10-22(17-25(24)30)20-8-13-29(14-9-20)34(32,33)23-7-6-19-4-3-5-21(19)16-23/h6-7,10,15-18,20H,1-5,8-9,11-14H2. The van der Waals surface area contributed by atoms with Gasteiger partial charge in [0.25, 0.3) is 5.91 Å². The minimum Gasteiger partial charge on any atom is -0.339 e. The lowest BCUT2D eigenvalue weighted by molar-refractivity contribution is 0.0794. The Labute approximate surface area is 200 Å². The van der Waals surface area contributed by atoms with E-state index in [1.165, 1.54) is 11.1 Å². The molecular weight excluding hydrogens is 448 g/mol. The molecule has 0 saturated carbocycles. The molecule has 2 fully saturated rings. The van der Waals surface area contributed by atoms with Gasteiger partial charge in [-0.1, -0.05) is 6.07 Å². The van der Waals surface area contributed by atoms with Crippen molar-refractivity contribution in [1.29, 1.82) is 0 Å². The first-order valence-electron chi connectivity index (χ1n) is 12.4. The lowest BCUT2D eigenvalue weighted by atomic mass is 9.90. The highest BCUT2D eigenvalue weighted by molar-refractivity contribution is 7.89. The van der Waals surface area contributed by atoms with Crippen LogP contribution in [0.4, 0.5) is 0 Å². The van der Waals surface area contributed by atoms with E-state index in [1.54, 1.807) is 21.1 Å². The number of fused-ring (bicyclic) bond motifs is 2. The van der Waals surface area contributed by atoms with Gasteiger partial charge in [-0.15, -0.1) is 0 Å². The van der Waals surface area contributed by atoms with Crippen LogP contribution in [0.25, 0.3) is 5.52 Å². The number of carbonyl (C=O) groups is 1. The van der Waals surface area contributed by atoms with Crippen LogP contribution >= 0.6 is 0 Å². The summed E-state index contributed by atoms with van der Waals surface area (Å²) in [6, 6.07) is 9.78. The second-order valence-electron chi connectivity index (χ2n) is 9.81. The highest BCUT2D eigenvalue weighted by Gasteiger charge is 2.31. The van der Waals surface area contributed by atoms with Gasteiger partial charge >= 0.3 is 0 Å². The third-order valence-corrected chi connectivity index (χ3v) is 9.70. The number of aryl methyl sites for hydroxylation is 2. The molecule has 3 aromatic rings. The van der Waals surface area contributed by atoms with Crippen LogP contribution in [-0.2, 0) is 22.9 Å². The summed E-state index contributed by atoms with van der Waals surface area (Å²) in [5.41, 5.74) is 5.11. The van der Waals surface area contributed by atoms with Crippen LogP contribution in [-0.4, -0.2) is 59.3 Å². The van der Waals surface area contributed by atoms with Gasteiger partial charge in [0.2, 0.25) is 10.0 Å². The number of piperidine rings is 1. The Kier molecular flexibility index (Phi) is 5.45. The van der Waals surface area contributed by atoms with Gasteiger partial charge in [0.05, 0.1) is 22.2 Å². The third kappa shape index (κ3) is 3.73. The number of aromatic nitrogens is 2. The van der Waals surface area contributed by atoms with E-state index >= 15 is 0 Å². The van der Waals surface area contributed by atoms with Crippen molar-refractivity contribution in [2.24, 2.45) is 0 Å². The summed E-state index contributed by atoms with van der Waals surface area (Å²) in [6.45, 7) is 2.64. The van der Waals surface area contributed by atoms with Crippen molar-refractivity contribution >= 4 is 21.4 Å². The number of amides is 1. The Balaban J connectivity index is 1.19. The first-order chi connectivity index (χ1) is 16.5. The van der Waals surface area contributed by atoms with E-state index in [9.17, 15) is 13.2 Å². The summed E-state index contributed by atoms with van der Waals surface area (Å²) in [6.07, 6.45) is 10.4. The van der Waals surface area contributed by atoms with Crippen molar-refractivity contribution in [1.82, 2.24) is 18.8 Å². The summed E-state index contributed by atoms with van der Waals surface area (Å²) in [7, 11) is -3.47. The summed E-state index contributed by atoms with van der Waals surface area (Å²) in [5, 5.41) is 4.38. The predicted octanol–water partition coefficient (Wildman–Crippen LogP) is 3.63. The highest BCUT2D eigenvalue weighted by atomic mass is 32.2. The molecule has 2 saturated heterocycles. The lowest BCUT2D eigenvalue weighted by Gasteiger charge is -2.31. The van der Waals surface area contributed by atoms with E-state index in [2.05, 4.69) is 17.2 Å². The van der Waals surface area contributed by atoms with E-state index in [0.29, 0.717) is 23.5 Å². The first-order valence-corrected chi connectivity index (χ1v) is 13.8. The Morgan fingerprint density at radius 3 is 2.47 bits per heavy atom. The van der Waals surface area contributed by atoms with Crippen LogP contribution in [0.15, 0.2) is 47.6 Å². The van der Waals surface area contributed by atoms with E-state index in [4.69, 9.17) is 0 Å². The Hall–Kier alpha value is -2.71. The molecule has 1 aliphatic carbocycles. The molecule has 0 atom stereocenters. The summed E-state index contributed by atoms with van der Waals surface area (Å²) in [4.78, 5) is 15.3. The molecule has 3 aliphatic rings. The molecule has 7 nitrogen and oxygen atoms in total. The number of hydrogen-bond donors (Lipinski definition) is 0. The fourth-order valence-corrected chi connectivity index (χ4v) is 7.31. The SMILES string of the molecule is O=C(c1cnn2ccc(C3CCN(S(=O)(=O)c4ccc5c(c4)CCC5)CC3)cc12)N1CCCC1. The third-order valence-electron chi connectivity index (χ3n) is 7.80. The molecule has 2 aromatic heterocycles. The number of benzene rings is 1. The second-order valence-corrected chi connectivity index (χ2v) is 11.7. The zero-order valence-electron chi connectivity index (χ0n) is 19.3. The number of carbonyl (C=O) groups excluding carboxylic acids is 1. The van der Waals surface area contributed by atoms with Gasteiger partial charge < -0.3 is 4.90 Å². The number of nitrogens with zero attached hydrogens (tertiary/aromatic N) is 4. The van der Waals surface area contributed by atoms with Crippen LogP contribution in [0.3, 0.4) is 0 Å². The van der Waals surface area contributed by atoms with Gasteiger partial charge in [-0.25, -0.2) is 12.9 Å². The van der Waals surface area contributed by atoms with E-state index in [1.807, 2.05) is 23.2 Å². The van der Waals surface area contributed by atoms with Gasteiger partial charge in [-0.3, -0.25) is 4.79 Å². The van der Waals surface area contributed by atoms with Gasteiger partial charge in [0, 0.05) is 32.4 Å². The molecule has 0 N–H and O–H groups in total. The van der Waals surface area contributed by atoms with Crippen molar-refractivity contribution in [2.75, 3.05) is 26.2 Å². The maximum absolute atomic E-state index is 13.3. The lowest BCUT2D eigenvalue weighted by Crippen LogP contribution is -2.38. The molecule has 1 aromatic carbocycles. The Morgan fingerprint density at radius 2 is 1.68 bits per heavy atom. The molecule has 1 amide bonds. The molecule has 8 heteroatoms. The van der Waals surface area contributed by atoms with Crippen molar-refractivity contribution < 1.29 is 13.2 Å². The van der Waals surface area contributed by atoms with Gasteiger partial charge in [-0.05, 0) is 91.8 Å². The molecule has 178 valence electrons. The normalized spacial score (nSPS) is 19.7. The average molecular weight is 479 g/mol. The maximum atomic E-state index is 13.3. The molecule has 6 rings (SSSR count). The van der Waals surface area contributed by atoms with E-state index in [0.717, 1.165) is 69.1 Å². The largest absolute Gasteiger partial charge is 0.339 e. The van der Waals surface area contributed by atoms with Crippen LogP contribution in [0.2, 0.25) is 0 Å². The number of pyridine rings is 1. The summed E-state index contributed by atoms with van der Waals surface area (Å²) in [5.74, 6) is 0.320. The molecule has 0 unspecified atom stereocenters. The highest BCUT2D eigenvalue weighted by Crippen LogP contribution is 2.33. The van der Waals surface area contributed by atoms with Crippen LogP contribution in [0, 0.1) is 0 Å². The van der Waals surface area contributed by atoms with Crippen molar-refractivity contribution in [3.63, 3.8) is 0 Å². The summed E-state index contributed by atoms with van der Waals surface area (Å²) >= 11 is 0. The van der Waals surface area contributed by atoms with Gasteiger partial charge in [0.15, 0.2) is 0 Å². The van der Waals surface area contributed by atoms with E-state index < -0.39 is 10.0 Å². The van der Waals surface area contributed by atoms with Crippen molar-refractivity contribution in [3.05, 3.63) is 65.0 Å². The zero-order chi connectivity index (χ0) is 23.3. The number of sulfonamides is 1. The minimum atomic E-state index is -3.47. The summed E-state index contributed by atoms with van der Waals surface area (Å²) < 4.78 is 30.0. The molecule has 2 aliphatic heterocycles. The fraction of sp³-hybridized carbons (Fsp3) is 0.462. The maximum Gasteiger partial charge on any atom is 0.257 e. The first kappa shape index (κ1) is 21.8. The molecule has 4 heterocycles. The van der Waals surface area contributed by atoms with Gasteiger partial charge in [-0.2, -0.15) is 9.40 Å². The number of likely N-dealkylation sites (tertiary alicyclic amines) is 1. The average Bonchev–Trinajstić information content (AvgIpc) is 3.63. The molecule has 0 bridgehead atoms. The predicted molar refractivity (Wildman–Crippen MR) is 130 cm³/mol. The Morgan fingerprint density at radius 1 is 0.912 bits per heavy atom. The number of hydrogen-bond acceptors (Lipinski definition) is 4. The van der Waals surface area contributed by atoms with Crippen LogP contribution in [0.5, 0.6) is 0 Å². The zero-order valence-corrected chi connectivity index (χ0v) is 20.1. The molecular formula is C26H30N4O3S. The van der Waals surface area contributed by atoms with Crippen LogP contribution in [0.1, 0.15) is 65.1 Å². The Bertz CT molecular complexity index is 1350. The topological polar surface area (TPSA) is 75.0 Å². The van der Waals surface area contributed by atoms with E-state index in [-0.39, 0.29) is 11.8 Å². The van der Waals surface area contributed by atoms with Crippen molar-refractivity contribution in [2.45, 2.75) is 55.8 Å². The number of rotatable bonds is 4.